The van der Waals surface area contributed by atoms with E-state index in [1.807, 2.05) is 6.07 Å². The van der Waals surface area contributed by atoms with Gasteiger partial charge in [-0.2, -0.15) is 0 Å². The standard InChI is InChI=1S/C15H18N4O2/c1-10-9-11(16)6-8-18(10)14-5-4-13-12(3-2-7-17-13)15(14)19(20)21/h2-5,7,10-11H,6,8-9,16H2,1H3. The first-order chi connectivity index (χ1) is 10.1. The van der Waals surface area contributed by atoms with Crippen LogP contribution in [0.25, 0.3) is 10.9 Å². The summed E-state index contributed by atoms with van der Waals surface area (Å²) in [5.41, 5.74) is 7.44. The van der Waals surface area contributed by atoms with Crippen molar-refractivity contribution in [3.05, 3.63) is 40.6 Å². The Morgan fingerprint density at radius 1 is 1.43 bits per heavy atom. The zero-order valence-electron chi connectivity index (χ0n) is 11.9. The molecule has 0 aliphatic carbocycles. The molecule has 1 aromatic heterocycles. The molecule has 1 aliphatic heterocycles. The number of nitrogens with two attached hydrogens (primary N) is 1. The first-order valence-electron chi connectivity index (χ1n) is 7.12. The van der Waals surface area contributed by atoms with Crippen molar-refractivity contribution in [3.8, 4) is 0 Å². The molecule has 6 heteroatoms. The number of benzene rings is 1. The number of nitro benzene ring substituents is 1. The average Bonchev–Trinajstić information content (AvgIpc) is 2.46. The molecule has 0 spiro atoms. The van der Waals surface area contributed by atoms with Gasteiger partial charge in [-0.25, -0.2) is 0 Å². The van der Waals surface area contributed by atoms with Gasteiger partial charge in [-0.15, -0.1) is 0 Å². The fourth-order valence-corrected chi connectivity index (χ4v) is 3.12. The molecule has 0 amide bonds. The highest BCUT2D eigenvalue weighted by Gasteiger charge is 2.29. The summed E-state index contributed by atoms with van der Waals surface area (Å²) < 4.78 is 0. The summed E-state index contributed by atoms with van der Waals surface area (Å²) in [6.07, 6.45) is 3.35. The molecular formula is C15H18N4O2. The molecule has 0 radical (unpaired) electrons. The summed E-state index contributed by atoms with van der Waals surface area (Å²) in [5, 5.41) is 12.2. The van der Waals surface area contributed by atoms with Crippen molar-refractivity contribution >= 4 is 22.3 Å². The number of fused-ring (bicyclic) bond motifs is 1. The smallest absolute Gasteiger partial charge is 0.301 e. The van der Waals surface area contributed by atoms with Crippen LogP contribution in [-0.4, -0.2) is 28.5 Å². The highest BCUT2D eigenvalue weighted by Crippen LogP contribution is 2.37. The molecule has 2 heterocycles. The largest absolute Gasteiger partial charge is 0.363 e. The van der Waals surface area contributed by atoms with Crippen LogP contribution in [0.3, 0.4) is 0 Å². The summed E-state index contributed by atoms with van der Waals surface area (Å²) in [7, 11) is 0. The zero-order chi connectivity index (χ0) is 15.0. The lowest BCUT2D eigenvalue weighted by molar-refractivity contribution is -0.382. The first kappa shape index (κ1) is 13.8. The van der Waals surface area contributed by atoms with Gasteiger partial charge in [-0.3, -0.25) is 15.1 Å². The second-order valence-electron chi connectivity index (χ2n) is 5.59. The maximum Gasteiger partial charge on any atom is 0.301 e. The lowest BCUT2D eigenvalue weighted by Crippen LogP contribution is -2.45. The van der Waals surface area contributed by atoms with Gasteiger partial charge in [0, 0.05) is 24.8 Å². The lowest BCUT2D eigenvalue weighted by atomic mass is 9.97. The maximum atomic E-state index is 11.6. The Morgan fingerprint density at radius 3 is 2.95 bits per heavy atom. The summed E-state index contributed by atoms with van der Waals surface area (Å²) in [6, 6.07) is 7.51. The van der Waals surface area contributed by atoms with Gasteiger partial charge in [0.25, 0.3) is 0 Å². The molecule has 0 saturated carbocycles. The molecule has 1 fully saturated rings. The molecule has 6 nitrogen and oxygen atoms in total. The topological polar surface area (TPSA) is 85.3 Å². The van der Waals surface area contributed by atoms with Gasteiger partial charge in [0.05, 0.1) is 15.8 Å². The number of nitro groups is 1. The second kappa shape index (κ2) is 5.29. The van der Waals surface area contributed by atoms with Crippen LogP contribution >= 0.6 is 0 Å². The highest BCUT2D eigenvalue weighted by atomic mass is 16.6. The van der Waals surface area contributed by atoms with Gasteiger partial charge < -0.3 is 10.6 Å². The van der Waals surface area contributed by atoms with E-state index in [0.717, 1.165) is 19.4 Å². The van der Waals surface area contributed by atoms with Crippen LogP contribution in [0.2, 0.25) is 0 Å². The third-order valence-electron chi connectivity index (χ3n) is 4.14. The van der Waals surface area contributed by atoms with E-state index in [1.54, 1.807) is 24.4 Å². The molecule has 2 unspecified atom stereocenters. The summed E-state index contributed by atoms with van der Waals surface area (Å²) >= 11 is 0. The molecule has 1 aromatic carbocycles. The molecular weight excluding hydrogens is 268 g/mol. The minimum atomic E-state index is -0.305. The minimum Gasteiger partial charge on any atom is -0.363 e. The van der Waals surface area contributed by atoms with E-state index < -0.39 is 0 Å². The Labute approximate surface area is 122 Å². The van der Waals surface area contributed by atoms with E-state index in [0.29, 0.717) is 16.6 Å². The quantitative estimate of drug-likeness (QED) is 0.677. The SMILES string of the molecule is CC1CC(N)CCN1c1ccc2ncccc2c1[N+](=O)[O-]. The van der Waals surface area contributed by atoms with E-state index >= 15 is 0 Å². The molecule has 2 atom stereocenters. The highest BCUT2D eigenvalue weighted by molar-refractivity contribution is 5.94. The van der Waals surface area contributed by atoms with Crippen molar-refractivity contribution in [2.75, 3.05) is 11.4 Å². The minimum absolute atomic E-state index is 0.142. The van der Waals surface area contributed by atoms with Crippen molar-refractivity contribution < 1.29 is 4.92 Å². The fourth-order valence-electron chi connectivity index (χ4n) is 3.12. The third kappa shape index (κ3) is 2.42. The number of rotatable bonds is 2. The normalized spacial score (nSPS) is 22.5. The van der Waals surface area contributed by atoms with E-state index in [4.69, 9.17) is 5.73 Å². The number of piperidine rings is 1. The molecule has 1 saturated heterocycles. The predicted octanol–water partition coefficient (Wildman–Crippen LogP) is 2.46. The third-order valence-corrected chi connectivity index (χ3v) is 4.14. The number of pyridine rings is 1. The van der Waals surface area contributed by atoms with E-state index in [9.17, 15) is 10.1 Å². The Hall–Kier alpha value is -2.21. The molecule has 2 N–H and O–H groups in total. The first-order valence-corrected chi connectivity index (χ1v) is 7.12. The van der Waals surface area contributed by atoms with Crippen LogP contribution < -0.4 is 10.6 Å². The van der Waals surface area contributed by atoms with E-state index in [-0.39, 0.29) is 22.7 Å². The van der Waals surface area contributed by atoms with Crippen LogP contribution in [0.5, 0.6) is 0 Å². The summed E-state index contributed by atoms with van der Waals surface area (Å²) in [6.45, 7) is 2.81. The monoisotopic (exact) mass is 286 g/mol. The fraction of sp³-hybridized carbons (Fsp3) is 0.400. The summed E-state index contributed by atoms with van der Waals surface area (Å²) in [5.74, 6) is 0. The van der Waals surface area contributed by atoms with Crippen LogP contribution in [-0.2, 0) is 0 Å². The van der Waals surface area contributed by atoms with Crippen molar-refractivity contribution in [1.82, 2.24) is 4.98 Å². The zero-order valence-corrected chi connectivity index (χ0v) is 11.9. The number of aromatic nitrogens is 1. The Bertz CT molecular complexity index is 688. The Morgan fingerprint density at radius 2 is 2.24 bits per heavy atom. The van der Waals surface area contributed by atoms with Gasteiger partial charge in [-0.1, -0.05) is 0 Å². The molecule has 1 aliphatic rings. The van der Waals surface area contributed by atoms with Gasteiger partial charge in [0.1, 0.15) is 5.69 Å². The van der Waals surface area contributed by atoms with Crippen molar-refractivity contribution in [2.45, 2.75) is 31.8 Å². The van der Waals surface area contributed by atoms with Crippen molar-refractivity contribution in [2.24, 2.45) is 5.73 Å². The number of anilines is 1. The van der Waals surface area contributed by atoms with Crippen molar-refractivity contribution in [3.63, 3.8) is 0 Å². The number of hydrogen-bond donors (Lipinski definition) is 1. The van der Waals surface area contributed by atoms with E-state index in [2.05, 4.69) is 16.8 Å². The van der Waals surface area contributed by atoms with Gasteiger partial charge >= 0.3 is 5.69 Å². The average molecular weight is 286 g/mol. The second-order valence-corrected chi connectivity index (χ2v) is 5.59. The maximum absolute atomic E-state index is 11.6. The molecule has 3 rings (SSSR count). The van der Waals surface area contributed by atoms with Crippen LogP contribution in [0, 0.1) is 10.1 Å². The number of hydrogen-bond acceptors (Lipinski definition) is 5. The molecule has 2 aromatic rings. The Balaban J connectivity index is 2.14. The molecule has 21 heavy (non-hydrogen) atoms. The van der Waals surface area contributed by atoms with Crippen LogP contribution in [0.1, 0.15) is 19.8 Å². The number of nitrogens with zero attached hydrogens (tertiary/aromatic N) is 3. The summed E-state index contributed by atoms with van der Waals surface area (Å²) in [4.78, 5) is 17.6. The Kier molecular flexibility index (Phi) is 3.47. The lowest BCUT2D eigenvalue weighted by Gasteiger charge is -2.37. The molecule has 110 valence electrons. The van der Waals surface area contributed by atoms with Gasteiger partial charge in [-0.05, 0) is 44.0 Å². The van der Waals surface area contributed by atoms with Crippen LogP contribution in [0.4, 0.5) is 11.4 Å². The van der Waals surface area contributed by atoms with Crippen LogP contribution in [0.15, 0.2) is 30.5 Å². The predicted molar refractivity (Wildman–Crippen MR) is 82.4 cm³/mol. The van der Waals surface area contributed by atoms with Crippen molar-refractivity contribution in [1.29, 1.82) is 0 Å². The molecule has 0 bridgehead atoms. The van der Waals surface area contributed by atoms with Gasteiger partial charge in [0.15, 0.2) is 0 Å². The van der Waals surface area contributed by atoms with Gasteiger partial charge in [0.2, 0.25) is 0 Å². The van der Waals surface area contributed by atoms with E-state index in [1.165, 1.54) is 0 Å².